The fraction of sp³-hybridized carbons (Fsp3) is 0.0811. The van der Waals surface area contributed by atoms with Crippen LogP contribution in [0.1, 0.15) is 0 Å². The zero-order valence-corrected chi connectivity index (χ0v) is 27.3. The minimum absolute atomic E-state index is 0.231. The smallest absolute Gasteiger partial charge is 0.169 e. The zero-order valence-electron chi connectivity index (χ0n) is 25.7. The summed E-state index contributed by atoms with van der Waals surface area (Å²) in [4.78, 5) is 21.8. The summed E-state index contributed by atoms with van der Waals surface area (Å²) in [7, 11) is -1.03. The highest BCUT2D eigenvalue weighted by atomic mass is 32.2. The molecule has 0 aliphatic carbocycles. The Hall–Kier alpha value is -5.26. The normalized spacial score (nSPS) is 12.6. The SMILES string of the molecule is CS(=O)c1ccc(-c2nc(-c3ccc(F)cc3)c(-c3ccncc3)[nH]2)cc1.Fc1ccc(-c2nc3n(c2-c2ccncc2)CCS3)cc1. The first-order valence-electron chi connectivity index (χ1n) is 15.0. The molecule has 4 aromatic heterocycles. The second kappa shape index (κ2) is 13.8. The van der Waals surface area contributed by atoms with Gasteiger partial charge in [0.15, 0.2) is 5.16 Å². The highest BCUT2D eigenvalue weighted by Gasteiger charge is 2.23. The van der Waals surface area contributed by atoms with Crippen LogP contribution in [0.2, 0.25) is 0 Å². The van der Waals surface area contributed by atoms with Crippen molar-refractivity contribution in [2.75, 3.05) is 12.0 Å². The Morgan fingerprint density at radius 1 is 0.667 bits per heavy atom. The Bertz CT molecular complexity index is 2190. The third-order valence-electron chi connectivity index (χ3n) is 7.80. The minimum Gasteiger partial charge on any atom is -0.337 e. The van der Waals surface area contributed by atoms with Gasteiger partial charge in [-0.15, -0.1) is 0 Å². The molecule has 48 heavy (non-hydrogen) atoms. The third-order valence-corrected chi connectivity index (χ3v) is 9.69. The molecule has 0 spiro atoms. The summed E-state index contributed by atoms with van der Waals surface area (Å²) < 4.78 is 40.3. The second-order valence-electron chi connectivity index (χ2n) is 10.9. The van der Waals surface area contributed by atoms with E-state index in [0.717, 1.165) is 72.9 Å². The lowest BCUT2D eigenvalue weighted by molar-refractivity contribution is 0.627. The van der Waals surface area contributed by atoms with Gasteiger partial charge in [0.05, 0.1) is 22.8 Å². The van der Waals surface area contributed by atoms with Gasteiger partial charge in [-0.2, -0.15) is 0 Å². The van der Waals surface area contributed by atoms with Crippen LogP contribution in [0, 0.1) is 11.6 Å². The number of nitrogens with zero attached hydrogens (tertiary/aromatic N) is 5. The number of benzene rings is 3. The van der Waals surface area contributed by atoms with Crippen molar-refractivity contribution < 1.29 is 13.0 Å². The molecule has 5 heterocycles. The van der Waals surface area contributed by atoms with Gasteiger partial charge in [0.25, 0.3) is 0 Å². The van der Waals surface area contributed by atoms with Gasteiger partial charge < -0.3 is 9.55 Å². The molecule has 0 bridgehead atoms. The summed E-state index contributed by atoms with van der Waals surface area (Å²) in [6.07, 6.45) is 8.65. The topological polar surface area (TPSA) is 89.4 Å². The van der Waals surface area contributed by atoms with E-state index < -0.39 is 10.8 Å². The number of fused-ring (bicyclic) bond motifs is 1. The van der Waals surface area contributed by atoms with Crippen molar-refractivity contribution in [3.05, 3.63) is 133 Å². The summed E-state index contributed by atoms with van der Waals surface area (Å²) in [6, 6.07) is 28.0. The molecule has 1 atom stereocenters. The van der Waals surface area contributed by atoms with Gasteiger partial charge >= 0.3 is 0 Å². The number of pyridine rings is 2. The summed E-state index contributed by atoms with van der Waals surface area (Å²) in [6.45, 7) is 0.950. The molecule has 1 N–H and O–H groups in total. The van der Waals surface area contributed by atoms with Crippen LogP contribution in [-0.4, -0.2) is 45.7 Å². The average Bonchev–Trinajstić information content (AvgIpc) is 3.86. The number of thioether (sulfide) groups is 1. The predicted octanol–water partition coefficient (Wildman–Crippen LogP) is 8.54. The zero-order chi connectivity index (χ0) is 33.0. The van der Waals surface area contributed by atoms with Crippen molar-refractivity contribution in [3.63, 3.8) is 0 Å². The first kappa shape index (κ1) is 31.3. The van der Waals surface area contributed by atoms with Crippen molar-refractivity contribution in [1.29, 1.82) is 0 Å². The van der Waals surface area contributed by atoms with Crippen molar-refractivity contribution in [3.8, 4) is 56.4 Å². The number of aromatic nitrogens is 6. The first-order chi connectivity index (χ1) is 23.4. The molecule has 3 aromatic carbocycles. The maximum Gasteiger partial charge on any atom is 0.169 e. The summed E-state index contributed by atoms with van der Waals surface area (Å²) in [5, 5.41) is 1.03. The van der Waals surface area contributed by atoms with E-state index in [-0.39, 0.29) is 11.6 Å². The largest absolute Gasteiger partial charge is 0.337 e. The van der Waals surface area contributed by atoms with Gasteiger partial charge in [0, 0.05) is 86.9 Å². The van der Waals surface area contributed by atoms with Gasteiger partial charge in [-0.05, 0) is 84.9 Å². The fourth-order valence-electron chi connectivity index (χ4n) is 5.45. The van der Waals surface area contributed by atoms with Crippen LogP contribution >= 0.6 is 11.8 Å². The van der Waals surface area contributed by atoms with E-state index in [9.17, 15) is 13.0 Å². The highest BCUT2D eigenvalue weighted by Crippen LogP contribution is 2.39. The number of nitrogens with one attached hydrogen (secondary N) is 1. The lowest BCUT2D eigenvalue weighted by Gasteiger charge is -2.07. The summed E-state index contributed by atoms with van der Waals surface area (Å²) in [5.74, 6) is 1.22. The predicted molar refractivity (Wildman–Crippen MR) is 187 cm³/mol. The minimum atomic E-state index is -1.03. The second-order valence-corrected chi connectivity index (χ2v) is 13.3. The lowest BCUT2D eigenvalue weighted by atomic mass is 10.1. The molecule has 1 aliphatic heterocycles. The van der Waals surface area contributed by atoms with Crippen molar-refractivity contribution in [1.82, 2.24) is 29.5 Å². The van der Waals surface area contributed by atoms with E-state index >= 15 is 0 Å². The van der Waals surface area contributed by atoms with Crippen LogP contribution in [0.4, 0.5) is 8.78 Å². The van der Waals surface area contributed by atoms with E-state index in [1.807, 2.05) is 48.5 Å². The van der Waals surface area contributed by atoms with Crippen molar-refractivity contribution in [2.24, 2.45) is 0 Å². The van der Waals surface area contributed by atoms with E-state index in [4.69, 9.17) is 9.97 Å². The summed E-state index contributed by atoms with van der Waals surface area (Å²) >= 11 is 1.76. The first-order valence-corrected chi connectivity index (χ1v) is 17.6. The molecule has 1 aliphatic rings. The van der Waals surface area contributed by atoms with Gasteiger partial charge in [0.1, 0.15) is 17.5 Å². The Morgan fingerprint density at radius 2 is 1.21 bits per heavy atom. The molecule has 0 saturated heterocycles. The number of halogens is 2. The van der Waals surface area contributed by atoms with Gasteiger partial charge in [-0.1, -0.05) is 23.9 Å². The maximum absolute atomic E-state index is 13.3. The van der Waals surface area contributed by atoms with Gasteiger partial charge in [-0.25, -0.2) is 18.7 Å². The molecule has 7 aromatic rings. The van der Waals surface area contributed by atoms with E-state index in [1.165, 1.54) is 24.3 Å². The standard InChI is InChI=1S/C21H16FN3OS.C16H12FN3S/c1-27(26)18-8-4-16(5-9-18)21-24-19(14-2-6-17(22)7-3-14)20(25-21)15-10-12-23-13-11-15;17-13-3-1-11(2-4-13)14-15(12-5-7-18-8-6-12)20-9-10-21-16(20)19-14/h2-13H,1H3,(H,24,25);1-8H,9-10H2. The lowest BCUT2D eigenvalue weighted by Crippen LogP contribution is -1.97. The molecule has 7 nitrogen and oxygen atoms in total. The number of H-pyrrole nitrogens is 1. The number of rotatable bonds is 6. The molecule has 0 radical (unpaired) electrons. The molecule has 11 heteroatoms. The quantitative estimate of drug-likeness (QED) is 0.190. The molecule has 0 saturated carbocycles. The Balaban J connectivity index is 0.000000156. The van der Waals surface area contributed by atoms with Crippen LogP contribution in [0.5, 0.6) is 0 Å². The number of imidazole rings is 2. The molecule has 238 valence electrons. The molecule has 0 fully saturated rings. The van der Waals surface area contributed by atoms with E-state index in [2.05, 4.69) is 19.5 Å². The van der Waals surface area contributed by atoms with Crippen LogP contribution in [-0.2, 0) is 17.3 Å². The molecular formula is C37H28F2N6OS2. The van der Waals surface area contributed by atoms with Crippen molar-refractivity contribution >= 4 is 22.6 Å². The number of hydrogen-bond acceptors (Lipinski definition) is 6. The molecule has 0 amide bonds. The highest BCUT2D eigenvalue weighted by molar-refractivity contribution is 7.99. The van der Waals surface area contributed by atoms with E-state index in [1.54, 1.807) is 67.1 Å². The molecule has 8 rings (SSSR count). The van der Waals surface area contributed by atoms with Crippen LogP contribution in [0.3, 0.4) is 0 Å². The number of aromatic amines is 1. The monoisotopic (exact) mass is 674 g/mol. The number of hydrogen-bond donors (Lipinski definition) is 1. The Kier molecular flexibility index (Phi) is 9.04. The van der Waals surface area contributed by atoms with Crippen LogP contribution < -0.4 is 0 Å². The molecule has 1 unspecified atom stereocenters. The van der Waals surface area contributed by atoms with E-state index in [0.29, 0.717) is 5.82 Å². The van der Waals surface area contributed by atoms with Gasteiger partial charge in [0.2, 0.25) is 0 Å². The molecular weight excluding hydrogens is 647 g/mol. The average molecular weight is 675 g/mol. The van der Waals surface area contributed by atoms with Crippen molar-refractivity contribution in [2.45, 2.75) is 16.6 Å². The van der Waals surface area contributed by atoms with Gasteiger partial charge in [-0.3, -0.25) is 14.2 Å². The third kappa shape index (κ3) is 6.60. The Labute approximate surface area is 282 Å². The van der Waals surface area contributed by atoms with Crippen LogP contribution in [0.25, 0.3) is 56.4 Å². The maximum atomic E-state index is 13.3. The fourth-order valence-corrected chi connectivity index (χ4v) is 6.92. The Morgan fingerprint density at radius 3 is 1.79 bits per heavy atom. The van der Waals surface area contributed by atoms with Crippen LogP contribution in [0.15, 0.2) is 132 Å². The summed E-state index contributed by atoms with van der Waals surface area (Å²) in [5.41, 5.74) is 8.23.